The van der Waals surface area contributed by atoms with Gasteiger partial charge < -0.3 is 20.3 Å². The third kappa shape index (κ3) is 10.6. The van der Waals surface area contributed by atoms with Gasteiger partial charge in [0.15, 0.2) is 5.96 Å². The molecule has 1 aliphatic rings. The van der Waals surface area contributed by atoms with Crippen LogP contribution in [0.4, 0.5) is 0 Å². The lowest BCUT2D eigenvalue weighted by Gasteiger charge is -2.31. The maximum atomic E-state index is 5.17. The molecule has 1 saturated heterocycles. The Morgan fingerprint density at radius 2 is 1.96 bits per heavy atom. The highest BCUT2D eigenvalue weighted by molar-refractivity contribution is 14.0. The molecule has 0 radical (unpaired) electrons. The molecule has 2 N–H and O–H groups in total. The van der Waals surface area contributed by atoms with Gasteiger partial charge in [-0.05, 0) is 50.9 Å². The summed E-state index contributed by atoms with van der Waals surface area (Å²) in [6.07, 6.45) is 2.47. The minimum absolute atomic E-state index is 0. The van der Waals surface area contributed by atoms with E-state index < -0.39 is 0 Å². The summed E-state index contributed by atoms with van der Waals surface area (Å²) in [5.41, 5.74) is 0. The van der Waals surface area contributed by atoms with Crippen molar-refractivity contribution in [1.82, 2.24) is 15.5 Å². The van der Waals surface area contributed by atoms with Crippen LogP contribution in [0.3, 0.4) is 0 Å². The van der Waals surface area contributed by atoms with E-state index in [-0.39, 0.29) is 24.0 Å². The van der Waals surface area contributed by atoms with Gasteiger partial charge in [0.05, 0.1) is 6.61 Å². The molecule has 0 unspecified atom stereocenters. The first-order valence-electron chi connectivity index (χ1n) is 9.73. The Morgan fingerprint density at radius 1 is 1.22 bits per heavy atom. The maximum Gasteiger partial charge on any atom is 0.191 e. The minimum atomic E-state index is 0. The smallest absolute Gasteiger partial charge is 0.191 e. The summed E-state index contributed by atoms with van der Waals surface area (Å²) in [6, 6.07) is 10.5. The monoisotopic (exact) mass is 506 g/mol. The Balaban J connectivity index is 0.00000364. The first kappa shape index (κ1) is 24.5. The van der Waals surface area contributed by atoms with E-state index in [0.29, 0.717) is 5.92 Å². The molecule has 0 bridgehead atoms. The fourth-order valence-corrected chi connectivity index (χ4v) is 3.82. The van der Waals surface area contributed by atoms with Crippen molar-refractivity contribution < 1.29 is 4.74 Å². The van der Waals surface area contributed by atoms with E-state index in [0.717, 1.165) is 44.5 Å². The second-order valence-electron chi connectivity index (χ2n) is 6.59. The molecule has 5 nitrogen and oxygen atoms in total. The van der Waals surface area contributed by atoms with Gasteiger partial charge in [0.1, 0.15) is 0 Å². The van der Waals surface area contributed by atoms with Crippen LogP contribution in [0.5, 0.6) is 0 Å². The average Bonchev–Trinajstić information content (AvgIpc) is 2.69. The summed E-state index contributed by atoms with van der Waals surface area (Å²) in [7, 11) is 1.77. The number of rotatable bonds is 10. The topological polar surface area (TPSA) is 48.9 Å². The zero-order valence-electron chi connectivity index (χ0n) is 16.7. The first-order valence-corrected chi connectivity index (χ1v) is 10.7. The molecule has 0 amide bonds. The molecular formula is C20H35IN4OS. The second kappa shape index (κ2) is 15.4. The van der Waals surface area contributed by atoms with Crippen LogP contribution in [0.1, 0.15) is 19.8 Å². The quantitative estimate of drug-likeness (QED) is 0.168. The number of nitrogens with one attached hydrogen (secondary N) is 2. The molecule has 1 aromatic carbocycles. The van der Waals surface area contributed by atoms with Crippen molar-refractivity contribution in [3.05, 3.63) is 30.3 Å². The van der Waals surface area contributed by atoms with E-state index in [1.807, 2.05) is 11.8 Å². The van der Waals surface area contributed by atoms with Gasteiger partial charge in [0, 0.05) is 43.9 Å². The van der Waals surface area contributed by atoms with Crippen LogP contribution in [0.15, 0.2) is 40.2 Å². The number of ether oxygens (including phenoxy) is 1. The van der Waals surface area contributed by atoms with Crippen molar-refractivity contribution in [2.24, 2.45) is 10.9 Å². The normalized spacial score (nSPS) is 16.0. The van der Waals surface area contributed by atoms with Crippen LogP contribution in [-0.4, -0.2) is 69.6 Å². The summed E-state index contributed by atoms with van der Waals surface area (Å²) in [5, 5.41) is 6.82. The molecule has 1 aromatic rings. The van der Waals surface area contributed by atoms with E-state index in [1.165, 1.54) is 30.8 Å². The Bertz CT molecular complexity index is 510. The molecule has 154 valence electrons. The van der Waals surface area contributed by atoms with Gasteiger partial charge in [-0.25, -0.2) is 0 Å². The van der Waals surface area contributed by atoms with Gasteiger partial charge in [-0.3, -0.25) is 4.99 Å². The summed E-state index contributed by atoms with van der Waals surface area (Å²) in [4.78, 5) is 8.62. The minimum Gasteiger partial charge on any atom is -0.383 e. The van der Waals surface area contributed by atoms with Crippen LogP contribution < -0.4 is 10.6 Å². The SMILES string of the molecule is CCNC(=NCC1CCN(CCOC)CC1)NCCSc1ccccc1.I. The van der Waals surface area contributed by atoms with Gasteiger partial charge in [0.2, 0.25) is 0 Å². The van der Waals surface area contributed by atoms with E-state index in [9.17, 15) is 0 Å². The summed E-state index contributed by atoms with van der Waals surface area (Å²) in [5.74, 6) is 2.68. The molecule has 1 heterocycles. The molecule has 1 fully saturated rings. The highest BCUT2D eigenvalue weighted by atomic mass is 127. The summed E-state index contributed by atoms with van der Waals surface area (Å²) in [6.45, 7) is 9.06. The number of halogens is 1. The number of piperidine rings is 1. The molecule has 1 aliphatic heterocycles. The number of nitrogens with zero attached hydrogens (tertiary/aromatic N) is 2. The van der Waals surface area contributed by atoms with Crippen molar-refractivity contribution in [2.75, 3.05) is 58.7 Å². The highest BCUT2D eigenvalue weighted by Crippen LogP contribution is 2.17. The number of hydrogen-bond donors (Lipinski definition) is 2. The fraction of sp³-hybridized carbons (Fsp3) is 0.650. The summed E-state index contributed by atoms with van der Waals surface area (Å²) < 4.78 is 5.17. The number of thioether (sulfide) groups is 1. The van der Waals surface area contributed by atoms with Crippen LogP contribution in [0, 0.1) is 5.92 Å². The number of hydrogen-bond acceptors (Lipinski definition) is 4. The zero-order valence-corrected chi connectivity index (χ0v) is 19.8. The van der Waals surface area contributed by atoms with E-state index in [1.54, 1.807) is 7.11 Å². The summed E-state index contributed by atoms with van der Waals surface area (Å²) >= 11 is 1.87. The Hall–Kier alpha value is -0.510. The average molecular weight is 506 g/mol. The molecule has 0 aliphatic carbocycles. The van der Waals surface area contributed by atoms with E-state index >= 15 is 0 Å². The lowest BCUT2D eigenvalue weighted by atomic mass is 9.97. The second-order valence-corrected chi connectivity index (χ2v) is 7.75. The van der Waals surface area contributed by atoms with Gasteiger partial charge in [-0.2, -0.15) is 0 Å². The molecule has 27 heavy (non-hydrogen) atoms. The van der Waals surface area contributed by atoms with Crippen molar-refractivity contribution >= 4 is 41.7 Å². The van der Waals surface area contributed by atoms with Crippen molar-refractivity contribution in [1.29, 1.82) is 0 Å². The standard InChI is InChI=1S/C20H34N4OS.HI/c1-3-21-20(22-11-16-26-19-7-5-4-6-8-19)23-17-18-9-12-24(13-10-18)14-15-25-2;/h4-8,18H,3,9-17H2,1-2H3,(H2,21,22,23);1H. The third-order valence-corrected chi connectivity index (χ3v) is 5.59. The molecule has 7 heteroatoms. The molecular weight excluding hydrogens is 471 g/mol. The predicted octanol–water partition coefficient (Wildman–Crippen LogP) is 3.31. The van der Waals surface area contributed by atoms with Crippen LogP contribution in [0.25, 0.3) is 0 Å². The lowest BCUT2D eigenvalue weighted by Crippen LogP contribution is -2.40. The van der Waals surface area contributed by atoms with Crippen LogP contribution in [-0.2, 0) is 4.74 Å². The van der Waals surface area contributed by atoms with Gasteiger partial charge >= 0.3 is 0 Å². The van der Waals surface area contributed by atoms with E-state index in [4.69, 9.17) is 9.73 Å². The molecule has 2 rings (SSSR count). The zero-order chi connectivity index (χ0) is 18.5. The number of likely N-dealkylation sites (tertiary alicyclic amines) is 1. The van der Waals surface area contributed by atoms with Crippen molar-refractivity contribution in [3.8, 4) is 0 Å². The molecule has 0 saturated carbocycles. The number of guanidine groups is 1. The van der Waals surface area contributed by atoms with E-state index in [2.05, 4.69) is 52.8 Å². The first-order chi connectivity index (χ1) is 12.8. The number of benzene rings is 1. The van der Waals surface area contributed by atoms with Crippen molar-refractivity contribution in [3.63, 3.8) is 0 Å². The third-order valence-electron chi connectivity index (χ3n) is 4.58. The predicted molar refractivity (Wildman–Crippen MR) is 128 cm³/mol. The highest BCUT2D eigenvalue weighted by Gasteiger charge is 2.18. The molecule has 0 atom stereocenters. The lowest BCUT2D eigenvalue weighted by molar-refractivity contribution is 0.121. The fourth-order valence-electron chi connectivity index (χ4n) is 3.03. The van der Waals surface area contributed by atoms with Gasteiger partial charge in [-0.1, -0.05) is 18.2 Å². The Labute approximate surface area is 186 Å². The van der Waals surface area contributed by atoms with Crippen LogP contribution >= 0.6 is 35.7 Å². The largest absolute Gasteiger partial charge is 0.383 e. The van der Waals surface area contributed by atoms with Gasteiger partial charge in [0.25, 0.3) is 0 Å². The van der Waals surface area contributed by atoms with Crippen molar-refractivity contribution in [2.45, 2.75) is 24.7 Å². The van der Waals surface area contributed by atoms with Gasteiger partial charge in [-0.15, -0.1) is 35.7 Å². The number of methoxy groups -OCH3 is 1. The Morgan fingerprint density at radius 3 is 2.63 bits per heavy atom. The van der Waals surface area contributed by atoms with Crippen LogP contribution in [0.2, 0.25) is 0 Å². The Kier molecular flexibility index (Phi) is 14.0. The molecule has 0 aromatic heterocycles. The number of aliphatic imine (C=N–C) groups is 1. The molecule has 0 spiro atoms. The maximum absolute atomic E-state index is 5.17.